The minimum absolute atomic E-state index is 0.256. The Hall–Kier alpha value is -2.49. The number of ether oxygens (including phenoxy) is 5. The molecule has 198 valence electrons. The number of alkyl halides is 1. The van der Waals surface area contributed by atoms with Crippen molar-refractivity contribution in [3.05, 3.63) is 47.5 Å². The average Bonchev–Trinajstić information content (AvgIpc) is 3.12. The summed E-state index contributed by atoms with van der Waals surface area (Å²) in [7, 11) is 8.19. The smallest absolute Gasteiger partial charge is 0.347 e. The molecule has 2 bridgehead atoms. The number of nitrogens with zero attached hydrogens (tertiary/aromatic N) is 1. The first-order valence-corrected chi connectivity index (χ1v) is 13.4. The summed E-state index contributed by atoms with van der Waals surface area (Å²) in [5, 5.41) is 12.0. The Morgan fingerprint density at radius 3 is 1.64 bits per heavy atom. The lowest BCUT2D eigenvalue weighted by Crippen LogP contribution is -2.46. The molecule has 2 saturated heterocycles. The van der Waals surface area contributed by atoms with Gasteiger partial charge in [-0.25, -0.2) is 4.79 Å². The minimum Gasteiger partial charge on any atom is -0.493 e. The number of halogens is 1. The molecular weight excluding hydrogens is 530 g/mol. The molecule has 1 N–H and O–H groups in total. The lowest BCUT2D eigenvalue weighted by Gasteiger charge is -2.37. The molecule has 0 radical (unpaired) electrons. The van der Waals surface area contributed by atoms with Crippen LogP contribution in [0.3, 0.4) is 0 Å². The van der Waals surface area contributed by atoms with Crippen molar-refractivity contribution in [1.29, 1.82) is 0 Å². The van der Waals surface area contributed by atoms with Gasteiger partial charge in [0.25, 0.3) is 0 Å². The number of aliphatic hydroxyl groups is 1. The predicted molar refractivity (Wildman–Crippen MR) is 141 cm³/mol. The van der Waals surface area contributed by atoms with Crippen molar-refractivity contribution >= 4 is 21.9 Å². The molecule has 0 amide bonds. The molecule has 2 aromatic rings. The molecular formula is C27H36BrNO7. The maximum Gasteiger partial charge on any atom is 0.347 e. The van der Waals surface area contributed by atoms with Crippen LogP contribution in [0.5, 0.6) is 23.0 Å². The number of benzene rings is 2. The molecule has 0 saturated carbocycles. The van der Waals surface area contributed by atoms with E-state index < -0.39 is 11.6 Å². The number of methoxy groups -OCH3 is 4. The molecule has 2 heterocycles. The summed E-state index contributed by atoms with van der Waals surface area (Å²) in [5.74, 6) is 2.84. The molecule has 2 fully saturated rings. The molecule has 0 aromatic heterocycles. The topological polar surface area (TPSA) is 86.7 Å². The molecule has 9 heteroatoms. The Kier molecular flexibility index (Phi) is 9.49. The van der Waals surface area contributed by atoms with Crippen molar-refractivity contribution < 1.29 is 33.6 Å². The molecule has 8 nitrogen and oxygen atoms in total. The Labute approximate surface area is 221 Å². The number of hydrogen-bond acceptors (Lipinski definition) is 8. The first-order valence-electron chi connectivity index (χ1n) is 11.8. The van der Waals surface area contributed by atoms with E-state index in [1.807, 2.05) is 5.83 Å². The van der Waals surface area contributed by atoms with Gasteiger partial charge in [-0.15, -0.1) is 0 Å². The summed E-state index contributed by atoms with van der Waals surface area (Å²) < 4.78 is 27.5. The summed E-state index contributed by atoms with van der Waals surface area (Å²) in [5.41, 5.74) is -1.49. The van der Waals surface area contributed by atoms with Crippen LogP contribution in [-0.4, -0.2) is 75.5 Å². The van der Waals surface area contributed by atoms with Crippen molar-refractivity contribution in [1.82, 2.24) is 4.90 Å². The third-order valence-electron chi connectivity index (χ3n) is 7.23. The van der Waals surface area contributed by atoms with Gasteiger partial charge in [0.2, 0.25) is 5.60 Å². The van der Waals surface area contributed by atoms with E-state index in [1.54, 1.807) is 36.4 Å². The standard InChI is InChI=1S/C26H33NO7.CH3Br/c1-27-18-8-9-19(27)15-20(14-18)34-25(28)26(29,16-6-10-21(30-2)23(12-16)32-4)17-7-11-22(31-3)24(13-17)33-5;1-2/h6-7,10-13,18-20,29H,8-9,14-15H2,1-5H3;1H3. The van der Waals surface area contributed by atoms with E-state index in [9.17, 15) is 9.90 Å². The highest BCUT2D eigenvalue weighted by molar-refractivity contribution is 9.08. The second-order valence-corrected chi connectivity index (χ2v) is 8.90. The van der Waals surface area contributed by atoms with Gasteiger partial charge in [-0.1, -0.05) is 28.1 Å². The van der Waals surface area contributed by atoms with Gasteiger partial charge >= 0.3 is 5.97 Å². The summed E-state index contributed by atoms with van der Waals surface area (Å²) in [6.07, 6.45) is 3.46. The van der Waals surface area contributed by atoms with Gasteiger partial charge in [0.1, 0.15) is 6.10 Å². The van der Waals surface area contributed by atoms with Crippen LogP contribution in [-0.2, 0) is 15.1 Å². The molecule has 2 unspecified atom stereocenters. The SMILES string of the molecule is CBr.COc1ccc(C(O)(C(=O)OC2CC3CCC(C2)N3C)c2ccc(OC)c(OC)c2)cc1OC. The zero-order chi connectivity index (χ0) is 26.5. The fraction of sp³-hybridized carbons (Fsp3) is 0.519. The van der Waals surface area contributed by atoms with Gasteiger partial charge < -0.3 is 33.7 Å². The Balaban J connectivity index is 0.00000176. The molecule has 0 spiro atoms. The summed E-state index contributed by atoms with van der Waals surface area (Å²) in [4.78, 5) is 16.1. The molecule has 4 rings (SSSR count). The van der Waals surface area contributed by atoms with Crippen LogP contribution in [0.15, 0.2) is 36.4 Å². The lowest BCUT2D eigenvalue weighted by atomic mass is 9.85. The van der Waals surface area contributed by atoms with E-state index in [2.05, 4.69) is 27.9 Å². The van der Waals surface area contributed by atoms with Crippen LogP contribution in [0.2, 0.25) is 0 Å². The average molecular weight is 566 g/mol. The monoisotopic (exact) mass is 565 g/mol. The van der Waals surface area contributed by atoms with Crippen LogP contribution in [0.1, 0.15) is 36.8 Å². The van der Waals surface area contributed by atoms with Crippen LogP contribution in [0.4, 0.5) is 0 Å². The normalized spacial score (nSPS) is 21.2. The minimum atomic E-state index is -2.10. The van der Waals surface area contributed by atoms with Gasteiger partial charge in [-0.2, -0.15) is 0 Å². The molecule has 36 heavy (non-hydrogen) atoms. The van der Waals surface area contributed by atoms with Gasteiger partial charge in [0.05, 0.1) is 28.4 Å². The number of hydrogen-bond donors (Lipinski definition) is 1. The molecule has 2 atom stereocenters. The number of carbonyl (C=O) groups excluding carboxylic acids is 1. The van der Waals surface area contributed by atoms with E-state index in [0.29, 0.717) is 46.2 Å². The summed E-state index contributed by atoms with van der Waals surface area (Å²) in [6.45, 7) is 0. The molecule has 2 aliphatic rings. The third kappa shape index (κ3) is 5.28. The maximum absolute atomic E-state index is 13.7. The zero-order valence-corrected chi connectivity index (χ0v) is 23.3. The van der Waals surface area contributed by atoms with E-state index in [-0.39, 0.29) is 6.10 Å². The summed E-state index contributed by atoms with van der Waals surface area (Å²) >= 11 is 2.94. The van der Waals surface area contributed by atoms with Gasteiger partial charge in [0, 0.05) is 23.2 Å². The Morgan fingerprint density at radius 1 is 0.833 bits per heavy atom. The first-order chi connectivity index (χ1) is 17.3. The lowest BCUT2D eigenvalue weighted by molar-refractivity contribution is -0.171. The van der Waals surface area contributed by atoms with E-state index >= 15 is 0 Å². The first kappa shape index (κ1) is 28.1. The number of fused-ring (bicyclic) bond motifs is 2. The number of piperidine rings is 1. The van der Waals surface area contributed by atoms with Crippen LogP contribution >= 0.6 is 15.9 Å². The quantitative estimate of drug-likeness (QED) is 0.377. The van der Waals surface area contributed by atoms with Crippen molar-refractivity contribution in [3.63, 3.8) is 0 Å². The highest BCUT2D eigenvalue weighted by Gasteiger charge is 2.46. The molecule has 2 aliphatic heterocycles. The zero-order valence-electron chi connectivity index (χ0n) is 21.7. The van der Waals surface area contributed by atoms with Crippen LogP contribution < -0.4 is 18.9 Å². The Morgan fingerprint density at radius 2 is 1.25 bits per heavy atom. The van der Waals surface area contributed by atoms with Crippen LogP contribution in [0.25, 0.3) is 0 Å². The van der Waals surface area contributed by atoms with E-state index in [0.717, 1.165) is 25.7 Å². The molecule has 0 aliphatic carbocycles. The van der Waals surface area contributed by atoms with E-state index in [4.69, 9.17) is 23.7 Å². The van der Waals surface area contributed by atoms with Gasteiger partial charge in [-0.05, 0) is 62.8 Å². The second-order valence-electron chi connectivity index (χ2n) is 8.90. The fourth-order valence-electron chi connectivity index (χ4n) is 5.22. The third-order valence-corrected chi connectivity index (χ3v) is 7.23. The Bertz CT molecular complexity index is 977. The number of esters is 1. The predicted octanol–water partition coefficient (Wildman–Crippen LogP) is 4.14. The highest BCUT2D eigenvalue weighted by Crippen LogP contribution is 2.41. The van der Waals surface area contributed by atoms with Gasteiger partial charge in [-0.3, -0.25) is 0 Å². The largest absolute Gasteiger partial charge is 0.493 e. The van der Waals surface area contributed by atoms with Crippen molar-refractivity contribution in [2.75, 3.05) is 41.3 Å². The van der Waals surface area contributed by atoms with Crippen molar-refractivity contribution in [3.8, 4) is 23.0 Å². The van der Waals surface area contributed by atoms with E-state index in [1.165, 1.54) is 28.4 Å². The highest BCUT2D eigenvalue weighted by atomic mass is 79.9. The second kappa shape index (κ2) is 12.2. The molecule has 2 aromatic carbocycles. The fourth-order valence-corrected chi connectivity index (χ4v) is 5.22. The van der Waals surface area contributed by atoms with Gasteiger partial charge in [0.15, 0.2) is 23.0 Å². The van der Waals surface area contributed by atoms with Crippen LogP contribution in [0, 0.1) is 0 Å². The number of carbonyl (C=O) groups is 1. The van der Waals surface area contributed by atoms with Crippen molar-refractivity contribution in [2.24, 2.45) is 0 Å². The van der Waals surface area contributed by atoms with Crippen molar-refractivity contribution in [2.45, 2.75) is 49.5 Å². The summed E-state index contributed by atoms with van der Waals surface area (Å²) in [6, 6.07) is 10.6. The maximum atomic E-state index is 13.7. The number of rotatable bonds is 8.